The Balaban J connectivity index is 3.26. The molecule has 1 nitrogen and oxygen atoms in total. The van der Waals surface area contributed by atoms with Gasteiger partial charge in [0.15, 0.2) is 0 Å². The Morgan fingerprint density at radius 3 is 2.42 bits per heavy atom. The van der Waals surface area contributed by atoms with E-state index in [2.05, 4.69) is 6.07 Å². The molecule has 0 unspecified atom stereocenters. The molecule has 0 amide bonds. The highest BCUT2D eigenvalue weighted by atomic mass is 35.7. The molecule has 0 heterocycles. The first kappa shape index (κ1) is 12.3. The standard InChI is InChI=1S/C8H15Cl2NSi/c1-2-12(9,10)8-6-4-3-5-7-11/h2-6,8H2,1H3. The minimum absolute atomic E-state index is 0.658. The van der Waals surface area contributed by atoms with Crippen LogP contribution in [0, 0.1) is 11.3 Å². The van der Waals surface area contributed by atoms with Gasteiger partial charge in [-0.15, -0.1) is 22.2 Å². The van der Waals surface area contributed by atoms with Crippen molar-refractivity contribution in [1.82, 2.24) is 0 Å². The van der Waals surface area contributed by atoms with Crippen molar-refractivity contribution in [2.24, 2.45) is 0 Å². The third kappa shape index (κ3) is 6.96. The Morgan fingerprint density at radius 2 is 1.92 bits per heavy atom. The van der Waals surface area contributed by atoms with Crippen LogP contribution in [0.3, 0.4) is 0 Å². The van der Waals surface area contributed by atoms with Gasteiger partial charge < -0.3 is 0 Å². The molecule has 70 valence electrons. The van der Waals surface area contributed by atoms with Gasteiger partial charge in [0.05, 0.1) is 6.07 Å². The lowest BCUT2D eigenvalue weighted by Gasteiger charge is -2.12. The molecule has 0 fully saturated rings. The van der Waals surface area contributed by atoms with E-state index >= 15 is 0 Å². The van der Waals surface area contributed by atoms with Gasteiger partial charge >= 0.3 is 0 Å². The number of hydrogen-bond acceptors (Lipinski definition) is 1. The molecule has 0 aromatic heterocycles. The minimum atomic E-state index is -1.88. The first-order chi connectivity index (χ1) is 5.62. The molecule has 0 atom stereocenters. The number of rotatable bonds is 6. The van der Waals surface area contributed by atoms with Gasteiger partial charge in [0.2, 0.25) is 0 Å². The van der Waals surface area contributed by atoms with E-state index < -0.39 is 6.69 Å². The molecule has 0 aromatic rings. The third-order valence-corrected chi connectivity index (χ3v) is 6.71. The Hall–Kier alpha value is 0.287. The summed E-state index contributed by atoms with van der Waals surface area (Å²) in [6.07, 6.45) is 3.81. The molecule has 12 heavy (non-hydrogen) atoms. The Bertz CT molecular complexity index is 154. The predicted octanol–water partition coefficient (Wildman–Crippen LogP) is 4.01. The smallest absolute Gasteiger partial charge is 0.198 e. The van der Waals surface area contributed by atoms with Crippen molar-refractivity contribution in [2.45, 2.75) is 44.7 Å². The Labute approximate surface area is 85.1 Å². The van der Waals surface area contributed by atoms with E-state index in [0.717, 1.165) is 31.4 Å². The van der Waals surface area contributed by atoms with E-state index in [9.17, 15) is 0 Å². The van der Waals surface area contributed by atoms with Crippen LogP contribution in [0.4, 0.5) is 0 Å². The number of halogens is 2. The van der Waals surface area contributed by atoms with Crippen LogP contribution in [-0.4, -0.2) is 6.69 Å². The van der Waals surface area contributed by atoms with Crippen molar-refractivity contribution < 1.29 is 0 Å². The second kappa shape index (κ2) is 6.77. The fraction of sp³-hybridized carbons (Fsp3) is 0.875. The van der Waals surface area contributed by atoms with E-state index in [1.165, 1.54) is 0 Å². The monoisotopic (exact) mass is 223 g/mol. The zero-order chi connectivity index (χ0) is 9.45. The molecule has 4 heteroatoms. The largest absolute Gasteiger partial charge is 0.251 e. The molecular weight excluding hydrogens is 209 g/mol. The third-order valence-electron chi connectivity index (χ3n) is 1.85. The van der Waals surface area contributed by atoms with Gasteiger partial charge in [-0.25, -0.2) is 0 Å². The molecule has 0 rings (SSSR count). The summed E-state index contributed by atoms with van der Waals surface area (Å²) in [5, 5.41) is 8.28. The number of unbranched alkanes of at least 4 members (excludes halogenated alkanes) is 3. The fourth-order valence-corrected chi connectivity index (χ4v) is 2.86. The first-order valence-corrected chi connectivity index (χ1v) is 8.81. The number of nitrogens with zero attached hydrogens (tertiary/aromatic N) is 1. The molecule has 0 aromatic carbocycles. The highest BCUT2D eigenvalue weighted by molar-refractivity contribution is 7.45. The topological polar surface area (TPSA) is 23.8 Å². The molecule has 0 bridgehead atoms. The fourth-order valence-electron chi connectivity index (χ4n) is 0.941. The molecule has 0 N–H and O–H groups in total. The Kier molecular flexibility index (Phi) is 6.93. The normalized spacial score (nSPS) is 11.2. The van der Waals surface area contributed by atoms with Gasteiger partial charge in [0.1, 0.15) is 0 Å². The molecule has 0 aliphatic heterocycles. The zero-order valence-corrected chi connectivity index (χ0v) is 9.96. The van der Waals surface area contributed by atoms with Crippen molar-refractivity contribution in [3.63, 3.8) is 0 Å². The minimum Gasteiger partial charge on any atom is -0.198 e. The van der Waals surface area contributed by atoms with E-state index in [4.69, 9.17) is 27.4 Å². The summed E-state index contributed by atoms with van der Waals surface area (Å²) in [6, 6.07) is 4.02. The Morgan fingerprint density at radius 1 is 1.25 bits per heavy atom. The quantitative estimate of drug-likeness (QED) is 0.380. The van der Waals surface area contributed by atoms with Crippen LogP contribution < -0.4 is 0 Å². The summed E-state index contributed by atoms with van der Waals surface area (Å²) >= 11 is 12.1. The summed E-state index contributed by atoms with van der Waals surface area (Å²) in [5.41, 5.74) is 0. The molecule has 0 saturated carbocycles. The summed E-state index contributed by atoms with van der Waals surface area (Å²) in [4.78, 5) is 0. The summed E-state index contributed by atoms with van der Waals surface area (Å²) in [5.74, 6) is 0. The lowest BCUT2D eigenvalue weighted by atomic mass is 10.2. The van der Waals surface area contributed by atoms with Crippen molar-refractivity contribution in [1.29, 1.82) is 5.26 Å². The van der Waals surface area contributed by atoms with Crippen LogP contribution in [0.25, 0.3) is 0 Å². The molecular formula is C8H15Cl2NSi. The average molecular weight is 224 g/mol. The van der Waals surface area contributed by atoms with Crippen molar-refractivity contribution >= 4 is 28.9 Å². The second-order valence-electron chi connectivity index (χ2n) is 2.93. The summed E-state index contributed by atoms with van der Waals surface area (Å²) in [7, 11) is 0. The van der Waals surface area contributed by atoms with E-state index in [0.29, 0.717) is 6.42 Å². The van der Waals surface area contributed by atoms with Crippen molar-refractivity contribution in [3.05, 3.63) is 0 Å². The maximum atomic E-state index is 8.28. The molecule has 0 aliphatic rings. The maximum Gasteiger partial charge on any atom is 0.251 e. The van der Waals surface area contributed by atoms with Gasteiger partial charge in [0.25, 0.3) is 6.69 Å². The van der Waals surface area contributed by atoms with Crippen LogP contribution >= 0.6 is 22.2 Å². The summed E-state index contributed by atoms with van der Waals surface area (Å²) < 4.78 is 0. The molecule has 0 saturated heterocycles. The van der Waals surface area contributed by atoms with Crippen LogP contribution in [-0.2, 0) is 0 Å². The highest BCUT2D eigenvalue weighted by Crippen LogP contribution is 2.27. The van der Waals surface area contributed by atoms with Gasteiger partial charge in [0, 0.05) is 6.42 Å². The zero-order valence-electron chi connectivity index (χ0n) is 7.45. The average Bonchev–Trinajstić information content (AvgIpc) is 2.04. The first-order valence-electron chi connectivity index (χ1n) is 4.37. The van der Waals surface area contributed by atoms with Gasteiger partial charge in [-0.1, -0.05) is 19.8 Å². The van der Waals surface area contributed by atoms with E-state index in [1.54, 1.807) is 0 Å². The lowest BCUT2D eigenvalue weighted by Crippen LogP contribution is -2.16. The van der Waals surface area contributed by atoms with Gasteiger partial charge in [-0.2, -0.15) is 5.26 Å². The van der Waals surface area contributed by atoms with E-state index in [-0.39, 0.29) is 0 Å². The van der Waals surface area contributed by atoms with Crippen LogP contribution in [0.2, 0.25) is 12.1 Å². The van der Waals surface area contributed by atoms with Crippen LogP contribution in [0.15, 0.2) is 0 Å². The highest BCUT2D eigenvalue weighted by Gasteiger charge is 2.24. The van der Waals surface area contributed by atoms with Gasteiger partial charge in [-0.05, 0) is 18.5 Å². The predicted molar refractivity (Wildman–Crippen MR) is 56.8 cm³/mol. The van der Waals surface area contributed by atoms with Crippen molar-refractivity contribution in [3.8, 4) is 6.07 Å². The van der Waals surface area contributed by atoms with Gasteiger partial charge in [-0.3, -0.25) is 0 Å². The maximum absolute atomic E-state index is 8.28. The number of hydrogen-bond donors (Lipinski definition) is 0. The number of nitriles is 1. The summed E-state index contributed by atoms with van der Waals surface area (Å²) in [6.45, 7) is 0.167. The van der Waals surface area contributed by atoms with Crippen LogP contribution in [0.1, 0.15) is 32.6 Å². The van der Waals surface area contributed by atoms with Crippen molar-refractivity contribution in [2.75, 3.05) is 0 Å². The molecule has 0 aliphatic carbocycles. The van der Waals surface area contributed by atoms with Crippen LogP contribution in [0.5, 0.6) is 0 Å². The van der Waals surface area contributed by atoms with E-state index in [1.807, 2.05) is 6.92 Å². The second-order valence-corrected chi connectivity index (χ2v) is 10.8. The SMILES string of the molecule is CC[Si](Cl)(Cl)CCCCCC#N. The molecule has 0 radical (unpaired) electrons. The molecule has 0 spiro atoms. The lowest BCUT2D eigenvalue weighted by molar-refractivity contribution is 0.729.